The van der Waals surface area contributed by atoms with E-state index in [1.165, 1.54) is 6.20 Å². The van der Waals surface area contributed by atoms with Crippen molar-refractivity contribution in [2.24, 2.45) is 0 Å². The number of halogens is 1. The van der Waals surface area contributed by atoms with Crippen LogP contribution in [0.4, 0.5) is 0 Å². The minimum atomic E-state index is -3.16. The Morgan fingerprint density at radius 1 is 1.57 bits per heavy atom. The average molecular weight is 281 g/mol. The first-order valence-corrected chi connectivity index (χ1v) is 6.91. The van der Waals surface area contributed by atoms with Crippen molar-refractivity contribution >= 4 is 25.8 Å². The Morgan fingerprint density at radius 3 is 2.64 bits per heavy atom. The molecule has 1 N–H and O–H groups in total. The van der Waals surface area contributed by atoms with Crippen molar-refractivity contribution in [3.8, 4) is 0 Å². The van der Waals surface area contributed by atoms with E-state index < -0.39 is 9.84 Å². The van der Waals surface area contributed by atoms with Crippen molar-refractivity contribution in [3.05, 3.63) is 27.9 Å². The lowest BCUT2D eigenvalue weighted by Gasteiger charge is -1.99. The highest BCUT2D eigenvalue weighted by Crippen LogP contribution is 1.99. The smallest absolute Gasteiger partial charge is 0.254 e. The topological polar surface area (TPSA) is 79.9 Å². The number of aromatic amines is 1. The largest absolute Gasteiger partial charge is 0.309 e. The molecular weight excluding hydrogens is 272 g/mol. The summed E-state index contributed by atoms with van der Waals surface area (Å²) >= 11 is 3.12. The monoisotopic (exact) mass is 280 g/mol. The molecule has 0 aliphatic heterocycles. The molecule has 0 spiro atoms. The number of aromatic nitrogens is 2. The Morgan fingerprint density at radius 2 is 2.21 bits per heavy atom. The second kappa shape index (κ2) is 4.22. The molecule has 0 radical (unpaired) electrons. The van der Waals surface area contributed by atoms with Gasteiger partial charge in [-0.3, -0.25) is 4.79 Å². The maximum Gasteiger partial charge on any atom is 0.254 e. The number of hydrogen-bond acceptors (Lipinski definition) is 4. The SMILES string of the molecule is CS(=O)(=O)Cc1ncc(CBr)c(=O)[nH]1. The van der Waals surface area contributed by atoms with Crippen LogP contribution in [0.5, 0.6) is 0 Å². The Balaban J connectivity index is 3.04. The Bertz CT molecular complexity index is 480. The molecule has 0 aliphatic carbocycles. The third-order valence-corrected chi connectivity index (χ3v) is 2.87. The quantitative estimate of drug-likeness (QED) is 0.803. The van der Waals surface area contributed by atoms with E-state index in [0.717, 1.165) is 6.26 Å². The van der Waals surface area contributed by atoms with Crippen molar-refractivity contribution in [2.45, 2.75) is 11.1 Å². The number of alkyl halides is 1. The van der Waals surface area contributed by atoms with Crippen molar-refractivity contribution in [1.82, 2.24) is 9.97 Å². The summed E-state index contributed by atoms with van der Waals surface area (Å²) in [7, 11) is -3.16. The van der Waals surface area contributed by atoms with Gasteiger partial charge in [0.05, 0.1) is 0 Å². The zero-order chi connectivity index (χ0) is 10.8. The molecule has 78 valence electrons. The van der Waals surface area contributed by atoms with Gasteiger partial charge in [-0.25, -0.2) is 13.4 Å². The molecule has 14 heavy (non-hydrogen) atoms. The fourth-order valence-electron chi connectivity index (χ4n) is 0.875. The molecule has 0 unspecified atom stereocenters. The number of nitrogens with zero attached hydrogens (tertiary/aromatic N) is 1. The molecule has 0 bridgehead atoms. The fourth-order valence-corrected chi connectivity index (χ4v) is 1.92. The van der Waals surface area contributed by atoms with Crippen LogP contribution in [0.3, 0.4) is 0 Å². The van der Waals surface area contributed by atoms with Crippen LogP contribution in [-0.4, -0.2) is 24.6 Å². The Hall–Kier alpha value is -0.690. The summed E-state index contributed by atoms with van der Waals surface area (Å²) in [6, 6.07) is 0. The van der Waals surface area contributed by atoms with Crippen LogP contribution in [0.2, 0.25) is 0 Å². The predicted octanol–water partition coefficient (Wildman–Crippen LogP) is 0.209. The van der Waals surface area contributed by atoms with Gasteiger partial charge in [-0.05, 0) is 0 Å². The summed E-state index contributed by atoms with van der Waals surface area (Å²) in [5.74, 6) is -0.0765. The lowest BCUT2D eigenvalue weighted by atomic mass is 10.4. The van der Waals surface area contributed by atoms with Crippen LogP contribution in [0.1, 0.15) is 11.4 Å². The second-order valence-electron chi connectivity index (χ2n) is 2.89. The third kappa shape index (κ3) is 3.22. The molecule has 1 rings (SSSR count). The Labute approximate surface area is 89.6 Å². The zero-order valence-electron chi connectivity index (χ0n) is 7.45. The van der Waals surface area contributed by atoms with E-state index in [1.54, 1.807) is 0 Å². The first-order chi connectivity index (χ1) is 6.42. The molecular formula is C7H9BrN2O3S. The van der Waals surface area contributed by atoms with Gasteiger partial charge in [0.25, 0.3) is 5.56 Å². The number of rotatable bonds is 3. The first kappa shape index (κ1) is 11.4. The number of sulfone groups is 1. The molecule has 0 atom stereocenters. The van der Waals surface area contributed by atoms with E-state index in [2.05, 4.69) is 25.9 Å². The molecule has 1 aromatic heterocycles. The highest BCUT2D eigenvalue weighted by molar-refractivity contribution is 9.08. The predicted molar refractivity (Wildman–Crippen MR) is 56.0 cm³/mol. The van der Waals surface area contributed by atoms with Gasteiger partial charge in [0.1, 0.15) is 11.6 Å². The Kier molecular flexibility index (Phi) is 3.43. The molecule has 0 saturated heterocycles. The van der Waals surface area contributed by atoms with Crippen molar-refractivity contribution < 1.29 is 8.42 Å². The van der Waals surface area contributed by atoms with E-state index >= 15 is 0 Å². The second-order valence-corrected chi connectivity index (χ2v) is 5.59. The van der Waals surface area contributed by atoms with Crippen LogP contribution in [0.15, 0.2) is 11.0 Å². The minimum absolute atomic E-state index is 0.169. The molecule has 1 aromatic rings. The molecule has 0 aliphatic rings. The van der Waals surface area contributed by atoms with E-state index in [4.69, 9.17) is 0 Å². The molecule has 0 amide bonds. The number of hydrogen-bond donors (Lipinski definition) is 1. The number of H-pyrrole nitrogens is 1. The van der Waals surface area contributed by atoms with E-state index in [1.807, 2.05) is 0 Å². The van der Waals surface area contributed by atoms with Crippen LogP contribution in [-0.2, 0) is 20.9 Å². The molecule has 7 heteroatoms. The first-order valence-electron chi connectivity index (χ1n) is 3.73. The number of nitrogens with one attached hydrogen (secondary N) is 1. The van der Waals surface area contributed by atoms with Crippen molar-refractivity contribution in [1.29, 1.82) is 0 Å². The summed E-state index contributed by atoms with van der Waals surface area (Å²) < 4.78 is 21.8. The third-order valence-electron chi connectivity index (χ3n) is 1.47. The van der Waals surface area contributed by atoms with Crippen LogP contribution in [0, 0.1) is 0 Å². The van der Waals surface area contributed by atoms with Gasteiger partial charge in [0.2, 0.25) is 0 Å². The highest BCUT2D eigenvalue weighted by Gasteiger charge is 2.07. The average Bonchev–Trinajstić information content (AvgIpc) is 2.01. The summed E-state index contributed by atoms with van der Waals surface area (Å²) in [5, 5.41) is 0.397. The van der Waals surface area contributed by atoms with Gasteiger partial charge in [-0.2, -0.15) is 0 Å². The van der Waals surface area contributed by atoms with Crippen molar-refractivity contribution in [2.75, 3.05) is 6.26 Å². The maximum atomic E-state index is 11.2. The maximum absolute atomic E-state index is 11.2. The summed E-state index contributed by atoms with van der Waals surface area (Å²) in [6.07, 6.45) is 2.46. The van der Waals surface area contributed by atoms with Crippen LogP contribution < -0.4 is 5.56 Å². The molecule has 0 aromatic carbocycles. The lowest BCUT2D eigenvalue weighted by molar-refractivity contribution is 0.599. The van der Waals surface area contributed by atoms with Gasteiger partial charge >= 0.3 is 0 Å². The van der Waals surface area contributed by atoms with Crippen LogP contribution >= 0.6 is 15.9 Å². The normalized spacial score (nSPS) is 11.6. The standard InChI is InChI=1S/C7H9BrN2O3S/c1-14(12,13)4-6-9-3-5(2-8)7(11)10-6/h3H,2,4H2,1H3,(H,9,10,11). The molecule has 5 nitrogen and oxygen atoms in total. The summed E-state index contributed by atoms with van der Waals surface area (Å²) in [5.41, 5.74) is 0.165. The molecule has 1 heterocycles. The van der Waals surface area contributed by atoms with E-state index in [0.29, 0.717) is 10.9 Å². The van der Waals surface area contributed by atoms with Gasteiger partial charge in [0.15, 0.2) is 9.84 Å². The summed E-state index contributed by atoms with van der Waals surface area (Å²) in [4.78, 5) is 17.5. The highest BCUT2D eigenvalue weighted by atomic mass is 79.9. The van der Waals surface area contributed by atoms with Crippen molar-refractivity contribution in [3.63, 3.8) is 0 Å². The fraction of sp³-hybridized carbons (Fsp3) is 0.429. The van der Waals surface area contributed by atoms with Crippen LogP contribution in [0.25, 0.3) is 0 Å². The van der Waals surface area contributed by atoms with Gasteiger partial charge < -0.3 is 4.98 Å². The molecule has 0 fully saturated rings. The van der Waals surface area contributed by atoms with Gasteiger partial charge in [-0.1, -0.05) is 15.9 Å². The lowest BCUT2D eigenvalue weighted by Crippen LogP contribution is -2.17. The van der Waals surface area contributed by atoms with E-state index in [9.17, 15) is 13.2 Å². The van der Waals surface area contributed by atoms with E-state index in [-0.39, 0.29) is 17.1 Å². The summed E-state index contributed by atoms with van der Waals surface area (Å²) in [6.45, 7) is 0. The molecule has 0 saturated carbocycles. The zero-order valence-corrected chi connectivity index (χ0v) is 9.85. The van der Waals surface area contributed by atoms with Gasteiger partial charge in [-0.15, -0.1) is 0 Å². The minimum Gasteiger partial charge on any atom is -0.309 e. The van der Waals surface area contributed by atoms with Gasteiger partial charge in [0, 0.05) is 23.3 Å².